The standard InChI is InChI=1S/C21H23N3O5S/c1-28-19-10-9-15(13-20(19)30(26,27)24-11-5-2-6-12-24)22-21(25)14-17-16-7-3-4-8-18(16)29-23-17/h3-4,7-10,13H,2,5-6,11-12,14H2,1H3,(H,22,25). The van der Waals surface area contributed by atoms with Crippen molar-refractivity contribution in [1.29, 1.82) is 0 Å². The predicted molar refractivity (Wildman–Crippen MR) is 112 cm³/mol. The van der Waals surface area contributed by atoms with Crippen LogP contribution in [0.25, 0.3) is 11.0 Å². The van der Waals surface area contributed by atoms with E-state index < -0.39 is 10.0 Å². The molecule has 0 atom stereocenters. The van der Waals surface area contributed by atoms with Crippen molar-refractivity contribution in [3.63, 3.8) is 0 Å². The van der Waals surface area contributed by atoms with E-state index in [2.05, 4.69) is 10.5 Å². The van der Waals surface area contributed by atoms with Gasteiger partial charge in [0.05, 0.1) is 13.5 Å². The van der Waals surface area contributed by atoms with E-state index in [1.54, 1.807) is 18.2 Å². The number of sulfonamides is 1. The fourth-order valence-electron chi connectivity index (χ4n) is 3.62. The molecule has 2 heterocycles. The maximum atomic E-state index is 13.1. The lowest BCUT2D eigenvalue weighted by atomic mass is 10.1. The second-order valence-corrected chi connectivity index (χ2v) is 9.09. The minimum Gasteiger partial charge on any atom is -0.495 e. The zero-order valence-electron chi connectivity index (χ0n) is 16.6. The van der Waals surface area contributed by atoms with E-state index in [-0.39, 0.29) is 23.0 Å². The summed E-state index contributed by atoms with van der Waals surface area (Å²) in [5, 5.41) is 7.49. The van der Waals surface area contributed by atoms with Gasteiger partial charge < -0.3 is 14.6 Å². The number of carbonyl (C=O) groups excluding carboxylic acids is 1. The predicted octanol–water partition coefficient (Wildman–Crippen LogP) is 3.19. The summed E-state index contributed by atoms with van der Waals surface area (Å²) in [7, 11) is -2.28. The Morgan fingerprint density at radius 2 is 1.93 bits per heavy atom. The number of fused-ring (bicyclic) bond motifs is 1. The minimum absolute atomic E-state index is 0.0112. The molecule has 1 aromatic heterocycles. The Morgan fingerprint density at radius 1 is 1.17 bits per heavy atom. The fraction of sp³-hybridized carbons (Fsp3) is 0.333. The van der Waals surface area contributed by atoms with Gasteiger partial charge in [0.2, 0.25) is 15.9 Å². The van der Waals surface area contributed by atoms with Crippen LogP contribution >= 0.6 is 0 Å². The quantitative estimate of drug-likeness (QED) is 0.646. The summed E-state index contributed by atoms with van der Waals surface area (Å²) >= 11 is 0. The summed E-state index contributed by atoms with van der Waals surface area (Å²) in [6.07, 6.45) is 2.71. The molecule has 4 rings (SSSR count). The maximum Gasteiger partial charge on any atom is 0.246 e. The third-order valence-corrected chi connectivity index (χ3v) is 7.08. The van der Waals surface area contributed by atoms with Crippen LogP contribution in [0.15, 0.2) is 51.9 Å². The van der Waals surface area contributed by atoms with E-state index in [0.717, 1.165) is 24.6 Å². The first kappa shape index (κ1) is 20.4. The SMILES string of the molecule is COc1ccc(NC(=O)Cc2noc3ccccc23)cc1S(=O)(=O)N1CCCCC1. The van der Waals surface area contributed by atoms with Crippen LogP contribution in [0.5, 0.6) is 5.75 Å². The third kappa shape index (κ3) is 4.03. The first-order valence-electron chi connectivity index (χ1n) is 9.80. The lowest BCUT2D eigenvalue weighted by molar-refractivity contribution is -0.115. The van der Waals surface area contributed by atoms with Crippen LogP contribution in [0.4, 0.5) is 5.69 Å². The number of nitrogens with one attached hydrogen (secondary N) is 1. The number of amides is 1. The average molecular weight is 429 g/mol. The van der Waals surface area contributed by atoms with Crippen LogP contribution in [0.2, 0.25) is 0 Å². The summed E-state index contributed by atoms with van der Waals surface area (Å²) in [4.78, 5) is 12.6. The summed E-state index contributed by atoms with van der Waals surface area (Å²) < 4.78 is 38.2. The Morgan fingerprint density at radius 3 is 2.70 bits per heavy atom. The number of hydrogen-bond acceptors (Lipinski definition) is 6. The number of para-hydroxylation sites is 1. The van der Waals surface area contributed by atoms with Crippen LogP contribution in [0, 0.1) is 0 Å². The highest BCUT2D eigenvalue weighted by Crippen LogP contribution is 2.31. The zero-order valence-corrected chi connectivity index (χ0v) is 17.4. The van der Waals surface area contributed by atoms with Crippen LogP contribution in [-0.4, -0.2) is 44.0 Å². The van der Waals surface area contributed by atoms with Gasteiger partial charge in [0, 0.05) is 24.2 Å². The number of aromatic nitrogens is 1. The second kappa shape index (κ2) is 8.45. The number of nitrogens with zero attached hydrogens (tertiary/aromatic N) is 2. The molecule has 9 heteroatoms. The Kier molecular flexibility index (Phi) is 5.74. The van der Waals surface area contributed by atoms with Gasteiger partial charge in [0.25, 0.3) is 0 Å². The topological polar surface area (TPSA) is 102 Å². The van der Waals surface area contributed by atoms with Crippen LogP contribution in [0.1, 0.15) is 25.0 Å². The Hall–Kier alpha value is -2.91. The molecule has 0 aliphatic carbocycles. The van der Waals surface area contributed by atoms with Crippen molar-refractivity contribution < 1.29 is 22.5 Å². The number of piperidine rings is 1. The maximum absolute atomic E-state index is 13.1. The molecule has 0 saturated carbocycles. The third-order valence-electron chi connectivity index (χ3n) is 5.16. The number of benzene rings is 2. The number of anilines is 1. The lowest BCUT2D eigenvalue weighted by Gasteiger charge is -2.26. The van der Waals surface area contributed by atoms with Gasteiger partial charge in [0.1, 0.15) is 16.3 Å². The monoisotopic (exact) mass is 429 g/mol. The number of ether oxygens (including phenoxy) is 1. The van der Waals surface area contributed by atoms with E-state index in [4.69, 9.17) is 9.26 Å². The highest BCUT2D eigenvalue weighted by atomic mass is 32.2. The lowest BCUT2D eigenvalue weighted by Crippen LogP contribution is -2.35. The van der Waals surface area contributed by atoms with Crippen molar-refractivity contribution in [2.45, 2.75) is 30.6 Å². The molecule has 1 N–H and O–H groups in total. The summed E-state index contributed by atoms with van der Waals surface area (Å²) in [6, 6.07) is 11.9. The van der Waals surface area contributed by atoms with Gasteiger partial charge >= 0.3 is 0 Å². The van der Waals surface area contributed by atoms with Crippen molar-refractivity contribution in [2.75, 3.05) is 25.5 Å². The molecule has 0 spiro atoms. The van der Waals surface area contributed by atoms with Gasteiger partial charge in [-0.3, -0.25) is 4.79 Å². The van der Waals surface area contributed by atoms with Crippen molar-refractivity contribution in [1.82, 2.24) is 9.46 Å². The van der Waals surface area contributed by atoms with Gasteiger partial charge in [-0.05, 0) is 43.2 Å². The molecule has 1 aliphatic rings. The van der Waals surface area contributed by atoms with Crippen molar-refractivity contribution in [3.8, 4) is 5.75 Å². The van der Waals surface area contributed by atoms with Crippen LogP contribution < -0.4 is 10.1 Å². The molecule has 158 valence electrons. The molecule has 1 fully saturated rings. The van der Waals surface area contributed by atoms with Crippen LogP contribution in [-0.2, 0) is 21.2 Å². The second-order valence-electron chi connectivity index (χ2n) is 7.18. The smallest absolute Gasteiger partial charge is 0.246 e. The molecule has 3 aromatic rings. The van der Waals surface area contributed by atoms with E-state index in [9.17, 15) is 13.2 Å². The van der Waals surface area contributed by atoms with Gasteiger partial charge in [-0.1, -0.05) is 23.7 Å². The first-order valence-corrected chi connectivity index (χ1v) is 11.2. The fourth-order valence-corrected chi connectivity index (χ4v) is 5.32. The number of hydrogen-bond donors (Lipinski definition) is 1. The van der Waals surface area contributed by atoms with Gasteiger partial charge in [-0.2, -0.15) is 4.31 Å². The Labute approximate surface area is 174 Å². The molecule has 2 aromatic carbocycles. The highest BCUT2D eigenvalue weighted by Gasteiger charge is 2.29. The minimum atomic E-state index is -3.71. The largest absolute Gasteiger partial charge is 0.495 e. The molecule has 1 amide bonds. The van der Waals surface area contributed by atoms with E-state index in [1.165, 1.54) is 17.5 Å². The molecule has 30 heavy (non-hydrogen) atoms. The van der Waals surface area contributed by atoms with Gasteiger partial charge in [-0.25, -0.2) is 8.42 Å². The van der Waals surface area contributed by atoms with Crippen molar-refractivity contribution in [3.05, 3.63) is 48.2 Å². The Bertz CT molecular complexity index is 1170. The van der Waals surface area contributed by atoms with Gasteiger partial charge in [-0.15, -0.1) is 0 Å². The average Bonchev–Trinajstić information content (AvgIpc) is 3.17. The molecule has 1 saturated heterocycles. The van der Waals surface area contributed by atoms with Gasteiger partial charge in [0.15, 0.2) is 5.58 Å². The molecule has 8 nitrogen and oxygen atoms in total. The van der Waals surface area contributed by atoms with E-state index in [0.29, 0.717) is 30.1 Å². The summed E-state index contributed by atoms with van der Waals surface area (Å²) in [5.41, 5.74) is 1.52. The molecule has 1 aliphatic heterocycles. The number of rotatable bonds is 6. The summed E-state index contributed by atoms with van der Waals surface area (Å²) in [6.45, 7) is 0.975. The molecule has 0 unspecified atom stereocenters. The molecular weight excluding hydrogens is 406 g/mol. The molecular formula is C21H23N3O5S. The van der Waals surface area contributed by atoms with Crippen molar-refractivity contribution in [2.24, 2.45) is 0 Å². The van der Waals surface area contributed by atoms with Crippen LogP contribution in [0.3, 0.4) is 0 Å². The number of methoxy groups -OCH3 is 1. The molecule has 0 bridgehead atoms. The first-order chi connectivity index (χ1) is 14.5. The highest BCUT2D eigenvalue weighted by molar-refractivity contribution is 7.89. The van der Waals surface area contributed by atoms with E-state index in [1.807, 2.05) is 18.2 Å². The molecule has 0 radical (unpaired) electrons. The van der Waals surface area contributed by atoms with E-state index >= 15 is 0 Å². The number of carbonyl (C=O) groups is 1. The zero-order chi connectivity index (χ0) is 21.1. The normalized spacial score (nSPS) is 15.2. The summed E-state index contributed by atoms with van der Waals surface area (Å²) in [5.74, 6) is -0.0680. The van der Waals surface area contributed by atoms with Crippen molar-refractivity contribution >= 4 is 32.6 Å². The Balaban J connectivity index is 1.56.